The molecule has 7 nitrogen and oxygen atoms in total. The van der Waals surface area contributed by atoms with Gasteiger partial charge in [-0.3, -0.25) is 19.0 Å². The minimum absolute atomic E-state index is 0.0208. The number of hydrogen-bond donors (Lipinski definition) is 1. The molecule has 0 saturated carbocycles. The Morgan fingerprint density at radius 3 is 2.79 bits per heavy atom. The SMILES string of the molecule is CC(OC(=O)CCn1cnc2sc3c(c2c1=O)CCCC3)C(=O)Nc1ccc2ccccc2c1. The highest BCUT2D eigenvalue weighted by Crippen LogP contribution is 2.33. The molecule has 1 amide bonds. The van der Waals surface area contributed by atoms with Gasteiger partial charge in [0.25, 0.3) is 11.5 Å². The Bertz CT molecular complexity index is 1460. The summed E-state index contributed by atoms with van der Waals surface area (Å²) in [6.45, 7) is 1.69. The molecule has 0 bridgehead atoms. The van der Waals surface area contributed by atoms with Crippen molar-refractivity contribution in [3.05, 3.63) is 69.6 Å². The lowest BCUT2D eigenvalue weighted by Crippen LogP contribution is -2.30. The molecule has 1 unspecified atom stereocenters. The van der Waals surface area contributed by atoms with Crippen molar-refractivity contribution in [2.75, 3.05) is 5.32 Å². The summed E-state index contributed by atoms with van der Waals surface area (Å²) in [6.07, 6.45) is 4.65. The molecule has 5 rings (SSSR count). The van der Waals surface area contributed by atoms with Crippen molar-refractivity contribution < 1.29 is 14.3 Å². The summed E-state index contributed by atoms with van der Waals surface area (Å²) in [7, 11) is 0. The van der Waals surface area contributed by atoms with E-state index in [1.807, 2.05) is 42.5 Å². The number of aromatic nitrogens is 2. The van der Waals surface area contributed by atoms with Crippen LogP contribution in [0, 0.1) is 0 Å². The molecule has 2 aromatic heterocycles. The second kappa shape index (κ2) is 9.38. The number of rotatable bonds is 6. The quantitative estimate of drug-likeness (QED) is 0.416. The van der Waals surface area contributed by atoms with Gasteiger partial charge in [-0.2, -0.15) is 0 Å². The molecule has 0 aliphatic heterocycles. The fraction of sp³-hybridized carbons (Fsp3) is 0.308. The van der Waals surface area contributed by atoms with E-state index in [9.17, 15) is 14.4 Å². The van der Waals surface area contributed by atoms with Crippen molar-refractivity contribution in [1.82, 2.24) is 9.55 Å². The zero-order chi connectivity index (χ0) is 23.7. The van der Waals surface area contributed by atoms with Gasteiger partial charge >= 0.3 is 5.97 Å². The molecule has 0 spiro atoms. The summed E-state index contributed by atoms with van der Waals surface area (Å²) in [4.78, 5) is 44.4. The zero-order valence-electron chi connectivity index (χ0n) is 18.9. The molecule has 2 aromatic carbocycles. The van der Waals surface area contributed by atoms with Crippen LogP contribution in [0.25, 0.3) is 21.0 Å². The van der Waals surface area contributed by atoms with Crippen molar-refractivity contribution in [1.29, 1.82) is 0 Å². The van der Waals surface area contributed by atoms with E-state index in [1.54, 1.807) is 11.3 Å². The van der Waals surface area contributed by atoms with Gasteiger partial charge in [-0.15, -0.1) is 11.3 Å². The standard InChI is InChI=1S/C26H25N3O4S/c1-16(24(31)28-19-11-10-17-6-2-3-7-18(17)14-19)33-22(30)12-13-29-15-27-25-23(26(29)32)20-8-4-5-9-21(20)34-25/h2-3,6-7,10-11,14-16H,4-5,8-9,12-13H2,1H3,(H,28,31). The van der Waals surface area contributed by atoms with Crippen LogP contribution in [0.2, 0.25) is 0 Å². The predicted octanol–water partition coefficient (Wildman–Crippen LogP) is 4.45. The van der Waals surface area contributed by atoms with Gasteiger partial charge in [0, 0.05) is 17.1 Å². The molecule has 1 atom stereocenters. The van der Waals surface area contributed by atoms with E-state index in [0.29, 0.717) is 11.1 Å². The van der Waals surface area contributed by atoms with Gasteiger partial charge in [0.15, 0.2) is 6.10 Å². The first-order chi connectivity index (χ1) is 16.5. The van der Waals surface area contributed by atoms with Gasteiger partial charge in [-0.05, 0) is 61.1 Å². The third-order valence-corrected chi connectivity index (χ3v) is 7.39. The number of aryl methyl sites for hydroxylation is 3. The summed E-state index contributed by atoms with van der Waals surface area (Å²) in [5.41, 5.74) is 1.65. The minimum Gasteiger partial charge on any atom is -0.452 e. The van der Waals surface area contributed by atoms with Crippen molar-refractivity contribution in [3.63, 3.8) is 0 Å². The van der Waals surface area contributed by atoms with Crippen LogP contribution in [0.15, 0.2) is 53.6 Å². The molecule has 1 aliphatic rings. The molecule has 1 aliphatic carbocycles. The normalized spacial score (nSPS) is 14.0. The highest BCUT2D eigenvalue weighted by molar-refractivity contribution is 7.18. The summed E-state index contributed by atoms with van der Waals surface area (Å²) >= 11 is 1.60. The van der Waals surface area contributed by atoms with Crippen LogP contribution in [0.5, 0.6) is 0 Å². The Kier molecular flexibility index (Phi) is 6.15. The van der Waals surface area contributed by atoms with Gasteiger partial charge in [-0.25, -0.2) is 4.98 Å². The summed E-state index contributed by atoms with van der Waals surface area (Å²) in [5.74, 6) is -0.950. The van der Waals surface area contributed by atoms with Crippen LogP contribution in [-0.2, 0) is 33.7 Å². The molecule has 174 valence electrons. The average molecular weight is 476 g/mol. The molecule has 0 saturated heterocycles. The van der Waals surface area contributed by atoms with E-state index in [2.05, 4.69) is 10.3 Å². The molecular weight excluding hydrogens is 450 g/mol. The van der Waals surface area contributed by atoms with Crippen LogP contribution in [0.4, 0.5) is 5.69 Å². The number of amides is 1. The summed E-state index contributed by atoms with van der Waals surface area (Å²) < 4.78 is 6.78. The highest BCUT2D eigenvalue weighted by Gasteiger charge is 2.21. The van der Waals surface area contributed by atoms with Gasteiger partial charge in [0.2, 0.25) is 0 Å². The van der Waals surface area contributed by atoms with Crippen molar-refractivity contribution >= 4 is 49.9 Å². The topological polar surface area (TPSA) is 90.3 Å². The third kappa shape index (κ3) is 4.46. The van der Waals surface area contributed by atoms with Crippen molar-refractivity contribution in [2.24, 2.45) is 0 Å². The maximum Gasteiger partial charge on any atom is 0.308 e. The first kappa shape index (κ1) is 22.3. The largest absolute Gasteiger partial charge is 0.452 e. The predicted molar refractivity (Wildman–Crippen MR) is 133 cm³/mol. The molecule has 0 radical (unpaired) electrons. The molecule has 8 heteroatoms. The van der Waals surface area contributed by atoms with Crippen LogP contribution in [0.3, 0.4) is 0 Å². The average Bonchev–Trinajstić information content (AvgIpc) is 3.23. The Morgan fingerprint density at radius 1 is 1.15 bits per heavy atom. The monoisotopic (exact) mass is 475 g/mol. The summed E-state index contributed by atoms with van der Waals surface area (Å²) in [5, 5.41) is 5.56. The first-order valence-electron chi connectivity index (χ1n) is 11.5. The number of carbonyl (C=O) groups is 2. The van der Waals surface area contributed by atoms with Crippen LogP contribution in [0.1, 0.15) is 36.6 Å². The van der Waals surface area contributed by atoms with E-state index >= 15 is 0 Å². The van der Waals surface area contributed by atoms with E-state index in [4.69, 9.17) is 4.74 Å². The van der Waals surface area contributed by atoms with Crippen LogP contribution in [-0.4, -0.2) is 27.5 Å². The Labute approximate surface area is 200 Å². The maximum atomic E-state index is 13.0. The number of fused-ring (bicyclic) bond motifs is 4. The number of nitrogens with one attached hydrogen (secondary N) is 1. The highest BCUT2D eigenvalue weighted by atomic mass is 32.1. The lowest BCUT2D eigenvalue weighted by Gasteiger charge is -2.14. The number of anilines is 1. The molecule has 4 aromatic rings. The number of nitrogens with zero attached hydrogens (tertiary/aromatic N) is 2. The first-order valence-corrected chi connectivity index (χ1v) is 12.3. The number of esters is 1. The number of hydrogen-bond acceptors (Lipinski definition) is 6. The van der Waals surface area contributed by atoms with E-state index < -0.39 is 18.0 Å². The van der Waals surface area contributed by atoms with Crippen LogP contribution < -0.4 is 10.9 Å². The third-order valence-electron chi connectivity index (χ3n) is 6.19. The zero-order valence-corrected chi connectivity index (χ0v) is 19.7. The number of benzene rings is 2. The Morgan fingerprint density at radius 2 is 1.94 bits per heavy atom. The second-order valence-electron chi connectivity index (χ2n) is 8.57. The lowest BCUT2D eigenvalue weighted by molar-refractivity contribution is -0.153. The van der Waals surface area contributed by atoms with Crippen molar-refractivity contribution in [2.45, 2.75) is 51.7 Å². The Balaban J connectivity index is 1.20. The summed E-state index contributed by atoms with van der Waals surface area (Å²) in [6, 6.07) is 13.5. The molecule has 0 fully saturated rings. The minimum atomic E-state index is -0.958. The van der Waals surface area contributed by atoms with Gasteiger partial charge in [0.1, 0.15) is 4.83 Å². The maximum absolute atomic E-state index is 13.0. The lowest BCUT2D eigenvalue weighted by atomic mass is 9.97. The van der Waals surface area contributed by atoms with E-state index in [1.165, 1.54) is 22.7 Å². The fourth-order valence-electron chi connectivity index (χ4n) is 4.37. The van der Waals surface area contributed by atoms with E-state index in [0.717, 1.165) is 46.8 Å². The van der Waals surface area contributed by atoms with Crippen LogP contribution >= 0.6 is 11.3 Å². The molecule has 34 heavy (non-hydrogen) atoms. The van der Waals surface area contributed by atoms with Gasteiger partial charge in [0.05, 0.1) is 18.1 Å². The smallest absolute Gasteiger partial charge is 0.308 e. The fourth-order valence-corrected chi connectivity index (χ4v) is 5.59. The van der Waals surface area contributed by atoms with Crippen molar-refractivity contribution in [3.8, 4) is 0 Å². The molecule has 1 N–H and O–H groups in total. The number of carbonyl (C=O) groups excluding carboxylic acids is 2. The van der Waals surface area contributed by atoms with E-state index in [-0.39, 0.29) is 18.5 Å². The molecule has 2 heterocycles. The van der Waals surface area contributed by atoms with Gasteiger partial charge in [-0.1, -0.05) is 30.3 Å². The number of thiophene rings is 1. The Hall–Kier alpha value is -3.52. The second-order valence-corrected chi connectivity index (χ2v) is 9.65. The van der Waals surface area contributed by atoms with Gasteiger partial charge < -0.3 is 10.1 Å². The number of ether oxygens (including phenoxy) is 1. The molecular formula is C26H25N3O4S.